The molecule has 0 aliphatic heterocycles. The molecule has 0 saturated heterocycles. The summed E-state index contributed by atoms with van der Waals surface area (Å²) in [6, 6.07) is 2.14. The second kappa shape index (κ2) is 7.01. The lowest BCUT2D eigenvalue weighted by atomic mass is 10.2. The molecule has 1 aromatic heterocycles. The highest BCUT2D eigenvalue weighted by atomic mass is 32.2. The van der Waals surface area contributed by atoms with Gasteiger partial charge in [-0.1, -0.05) is 4.40 Å². The third kappa shape index (κ3) is 5.23. The minimum atomic E-state index is -2.86. The highest BCUT2D eigenvalue weighted by Crippen LogP contribution is 2.24. The monoisotopic (exact) mass is 333 g/mol. The van der Waals surface area contributed by atoms with Crippen LogP contribution in [0.2, 0.25) is 0 Å². The van der Waals surface area contributed by atoms with Crippen LogP contribution < -0.4 is 10.5 Å². The van der Waals surface area contributed by atoms with Gasteiger partial charge in [0.1, 0.15) is 33.3 Å². The van der Waals surface area contributed by atoms with Crippen molar-refractivity contribution in [2.24, 2.45) is 10.1 Å². The van der Waals surface area contributed by atoms with Gasteiger partial charge < -0.3 is 15.0 Å². The standard InChI is InChI=1S/C13H17F2N3O3S/c1-7(18-22(20)13(2,3)4)9-5-8(21-12(16)19)6-10(17-9)11(14)15/h5-6,11H,1-4H3,(H2,16,19)/t22-/m0/s1. The normalized spacial score (nSPS) is 14.1. The summed E-state index contributed by atoms with van der Waals surface area (Å²) in [7, 11) is 0. The number of aromatic nitrogens is 1. The van der Waals surface area contributed by atoms with E-state index in [1.165, 1.54) is 13.0 Å². The van der Waals surface area contributed by atoms with Gasteiger partial charge in [-0.25, -0.2) is 18.6 Å². The molecule has 0 bridgehead atoms. The van der Waals surface area contributed by atoms with Crippen LogP contribution in [0.5, 0.6) is 5.75 Å². The average molecular weight is 333 g/mol. The van der Waals surface area contributed by atoms with E-state index in [2.05, 4.69) is 14.1 Å². The van der Waals surface area contributed by atoms with Crippen molar-refractivity contribution in [1.29, 1.82) is 0 Å². The Morgan fingerprint density at radius 2 is 2.05 bits per heavy atom. The van der Waals surface area contributed by atoms with E-state index in [1.54, 1.807) is 20.8 Å². The molecule has 1 heterocycles. The summed E-state index contributed by atoms with van der Waals surface area (Å²) < 4.78 is 45.6. The first-order valence-corrected chi connectivity index (χ1v) is 7.36. The van der Waals surface area contributed by atoms with Crippen LogP contribution >= 0.6 is 0 Å². The lowest BCUT2D eigenvalue weighted by Gasteiger charge is -2.18. The van der Waals surface area contributed by atoms with Gasteiger partial charge in [-0.2, -0.15) is 0 Å². The maximum Gasteiger partial charge on any atom is 0.409 e. The summed E-state index contributed by atoms with van der Waals surface area (Å²) in [5.41, 5.74) is 4.49. The molecule has 22 heavy (non-hydrogen) atoms. The minimum absolute atomic E-state index is 0.0339. The Morgan fingerprint density at radius 1 is 1.45 bits per heavy atom. The summed E-state index contributed by atoms with van der Waals surface area (Å²) in [6.07, 6.45) is -4.00. The third-order valence-electron chi connectivity index (χ3n) is 2.38. The third-order valence-corrected chi connectivity index (χ3v) is 3.86. The predicted molar refractivity (Wildman–Crippen MR) is 79.5 cm³/mol. The highest BCUT2D eigenvalue weighted by Gasteiger charge is 2.27. The number of rotatable bonds is 4. The zero-order chi connectivity index (χ0) is 17.1. The van der Waals surface area contributed by atoms with Crippen molar-refractivity contribution < 1.29 is 22.9 Å². The predicted octanol–water partition coefficient (Wildman–Crippen LogP) is 2.75. The number of nitrogens with two attached hydrogens (primary N) is 1. The fourth-order valence-electron chi connectivity index (χ4n) is 1.31. The van der Waals surface area contributed by atoms with E-state index < -0.39 is 34.3 Å². The van der Waals surface area contributed by atoms with Gasteiger partial charge in [0.05, 0.1) is 5.69 Å². The minimum Gasteiger partial charge on any atom is -0.591 e. The van der Waals surface area contributed by atoms with Crippen molar-refractivity contribution in [3.05, 3.63) is 23.5 Å². The molecule has 1 rings (SSSR count). The van der Waals surface area contributed by atoms with Gasteiger partial charge in [0, 0.05) is 12.1 Å². The number of nitrogens with zero attached hydrogens (tertiary/aromatic N) is 2. The van der Waals surface area contributed by atoms with Gasteiger partial charge in [0.15, 0.2) is 0 Å². The fourth-order valence-corrected chi connectivity index (χ4v) is 1.92. The first-order valence-electron chi connectivity index (χ1n) is 6.26. The number of carbonyl (C=O) groups is 1. The molecule has 1 amide bonds. The quantitative estimate of drug-likeness (QED) is 0.676. The molecule has 1 atom stereocenters. The Kier molecular flexibility index (Phi) is 5.84. The summed E-state index contributed by atoms with van der Waals surface area (Å²) in [5, 5.41) is 0. The van der Waals surface area contributed by atoms with Gasteiger partial charge in [-0.05, 0) is 27.7 Å². The van der Waals surface area contributed by atoms with Crippen LogP contribution in [0.1, 0.15) is 45.5 Å². The van der Waals surface area contributed by atoms with E-state index in [1.807, 2.05) is 0 Å². The SMILES string of the molecule is CC(=N[S@@+]([O-])C(C)(C)C)c1cc(OC(N)=O)cc(C(F)F)n1. The van der Waals surface area contributed by atoms with Crippen molar-refractivity contribution in [1.82, 2.24) is 4.98 Å². The van der Waals surface area contributed by atoms with Crippen molar-refractivity contribution in [3.63, 3.8) is 0 Å². The van der Waals surface area contributed by atoms with Crippen LogP contribution in [0.25, 0.3) is 0 Å². The number of hydrogen-bond donors (Lipinski definition) is 1. The Morgan fingerprint density at radius 3 is 2.50 bits per heavy atom. The Labute approximate surface area is 130 Å². The number of ether oxygens (including phenoxy) is 1. The molecule has 122 valence electrons. The molecule has 2 N–H and O–H groups in total. The van der Waals surface area contributed by atoms with Crippen molar-refractivity contribution >= 4 is 23.2 Å². The zero-order valence-corrected chi connectivity index (χ0v) is 13.4. The number of amides is 1. The van der Waals surface area contributed by atoms with Gasteiger partial charge in [-0.15, -0.1) is 0 Å². The van der Waals surface area contributed by atoms with E-state index in [0.29, 0.717) is 0 Å². The molecule has 0 aliphatic carbocycles. The van der Waals surface area contributed by atoms with Crippen molar-refractivity contribution in [2.45, 2.75) is 38.9 Å². The number of alkyl halides is 2. The number of halogens is 2. The van der Waals surface area contributed by atoms with Crippen LogP contribution in [0.4, 0.5) is 13.6 Å². The van der Waals surface area contributed by atoms with Crippen molar-refractivity contribution in [2.75, 3.05) is 0 Å². The van der Waals surface area contributed by atoms with Crippen LogP contribution in [-0.2, 0) is 11.4 Å². The van der Waals surface area contributed by atoms with Gasteiger partial charge in [0.2, 0.25) is 0 Å². The molecule has 0 aromatic carbocycles. The molecule has 0 aliphatic rings. The topological polar surface area (TPSA) is 101 Å². The molecule has 6 nitrogen and oxygen atoms in total. The Hall–Kier alpha value is -1.74. The van der Waals surface area contributed by atoms with E-state index in [0.717, 1.165) is 6.07 Å². The van der Waals surface area contributed by atoms with E-state index in [4.69, 9.17) is 5.73 Å². The van der Waals surface area contributed by atoms with E-state index >= 15 is 0 Å². The van der Waals surface area contributed by atoms with Crippen LogP contribution in [0, 0.1) is 0 Å². The molecule has 1 aromatic rings. The lowest BCUT2D eigenvalue weighted by molar-refractivity contribution is 0.145. The number of hydrogen-bond acceptors (Lipinski definition) is 5. The molecule has 0 radical (unpaired) electrons. The summed E-state index contributed by atoms with van der Waals surface area (Å²) >= 11 is -1.57. The number of pyridine rings is 1. The fraction of sp³-hybridized carbons (Fsp3) is 0.462. The van der Waals surface area contributed by atoms with Gasteiger partial charge in [0.25, 0.3) is 6.43 Å². The molecular weight excluding hydrogens is 316 g/mol. The molecule has 0 unspecified atom stereocenters. The van der Waals surface area contributed by atoms with Crippen LogP contribution in [0.3, 0.4) is 0 Å². The Bertz CT molecular complexity index is 588. The van der Waals surface area contributed by atoms with E-state index in [-0.39, 0.29) is 17.2 Å². The average Bonchev–Trinajstić information content (AvgIpc) is 2.36. The molecule has 9 heteroatoms. The largest absolute Gasteiger partial charge is 0.591 e. The Balaban J connectivity index is 3.24. The van der Waals surface area contributed by atoms with Crippen LogP contribution in [0.15, 0.2) is 16.5 Å². The zero-order valence-electron chi connectivity index (χ0n) is 12.6. The van der Waals surface area contributed by atoms with Crippen molar-refractivity contribution in [3.8, 4) is 5.75 Å². The first kappa shape index (κ1) is 18.3. The molecule has 0 spiro atoms. The molecular formula is C13H17F2N3O3S. The van der Waals surface area contributed by atoms with Gasteiger partial charge >= 0.3 is 6.09 Å². The summed E-state index contributed by atoms with van der Waals surface area (Å²) in [5.74, 6) is -0.177. The second-order valence-corrected chi connectivity index (χ2v) is 7.28. The summed E-state index contributed by atoms with van der Waals surface area (Å²) in [6.45, 7) is 6.66. The molecule has 0 saturated carbocycles. The number of primary amides is 1. The van der Waals surface area contributed by atoms with Crippen LogP contribution in [-0.4, -0.2) is 26.1 Å². The van der Waals surface area contributed by atoms with Gasteiger partial charge in [-0.3, -0.25) is 0 Å². The highest BCUT2D eigenvalue weighted by molar-refractivity contribution is 7.91. The number of carbonyl (C=O) groups excluding carboxylic acids is 1. The smallest absolute Gasteiger partial charge is 0.409 e. The first-order chi connectivity index (χ1) is 10.0. The van der Waals surface area contributed by atoms with E-state index in [9.17, 15) is 18.1 Å². The lowest BCUT2D eigenvalue weighted by Crippen LogP contribution is -2.27. The maximum atomic E-state index is 12.8. The molecule has 0 fully saturated rings. The second-order valence-electron chi connectivity index (χ2n) is 5.37. The summed E-state index contributed by atoms with van der Waals surface area (Å²) in [4.78, 5) is 14.5. The maximum absolute atomic E-state index is 12.8.